The van der Waals surface area contributed by atoms with E-state index in [1.807, 2.05) is 18.2 Å². The van der Waals surface area contributed by atoms with E-state index >= 15 is 0 Å². The Morgan fingerprint density at radius 3 is 3.12 bits per heavy atom. The average molecular weight is 511 g/mol. The monoisotopic (exact) mass is 510 g/mol. The molecule has 0 saturated carbocycles. The maximum atomic E-state index is 12.4. The number of hydrogen-bond acceptors (Lipinski definition) is 3. The number of benzene rings is 2. The zero-order valence-electron chi connectivity index (χ0n) is 13.4. The van der Waals surface area contributed by atoms with Crippen LogP contribution >= 0.6 is 38.5 Å². The van der Waals surface area contributed by atoms with Crippen molar-refractivity contribution in [3.05, 3.63) is 55.7 Å². The number of amides is 1. The molecule has 0 fully saturated rings. The summed E-state index contributed by atoms with van der Waals surface area (Å²) in [6.07, 6.45) is 1.04. The van der Waals surface area contributed by atoms with Crippen LogP contribution in [0, 0.1) is 3.70 Å². The highest BCUT2D eigenvalue weighted by atomic mass is 127. The molecule has 128 valence electrons. The fourth-order valence-electron chi connectivity index (χ4n) is 3.22. The van der Waals surface area contributed by atoms with Crippen molar-refractivity contribution >= 4 is 61.0 Å². The van der Waals surface area contributed by atoms with Gasteiger partial charge in [-0.15, -0.1) is 0 Å². The highest BCUT2D eigenvalue weighted by Crippen LogP contribution is 2.33. The number of aromatic amines is 1. The predicted octanol–water partition coefficient (Wildman–Crippen LogP) is 3.72. The van der Waals surface area contributed by atoms with Gasteiger partial charge in [-0.1, -0.05) is 22.0 Å². The Hall–Kier alpha value is -1.61. The first kappa shape index (κ1) is 16.8. The molecular weight excluding hydrogens is 495 g/mol. The van der Waals surface area contributed by atoms with Crippen LogP contribution in [0.5, 0.6) is 0 Å². The molecule has 2 N–H and O–H groups in total. The Bertz CT molecular complexity index is 955. The van der Waals surface area contributed by atoms with Gasteiger partial charge in [-0.2, -0.15) is 5.10 Å². The Balaban J connectivity index is 1.39. The number of aromatic nitrogens is 2. The first-order valence-electron chi connectivity index (χ1n) is 8.07. The highest BCUT2D eigenvalue weighted by molar-refractivity contribution is 14.1. The van der Waals surface area contributed by atoms with Gasteiger partial charge >= 0.3 is 0 Å². The molecule has 7 heteroatoms. The minimum absolute atomic E-state index is 0.0486. The molecule has 1 aliphatic rings. The summed E-state index contributed by atoms with van der Waals surface area (Å²) in [5.41, 5.74) is 4.16. The number of fused-ring (bicyclic) bond motifs is 2. The van der Waals surface area contributed by atoms with Gasteiger partial charge in [0.1, 0.15) is 3.70 Å². The van der Waals surface area contributed by atoms with Crippen molar-refractivity contribution in [1.29, 1.82) is 0 Å². The van der Waals surface area contributed by atoms with Gasteiger partial charge in [0.25, 0.3) is 5.91 Å². The first-order valence-corrected chi connectivity index (χ1v) is 9.95. The van der Waals surface area contributed by atoms with Crippen molar-refractivity contribution in [2.75, 3.05) is 24.5 Å². The van der Waals surface area contributed by atoms with Gasteiger partial charge in [0, 0.05) is 40.7 Å². The zero-order valence-corrected chi connectivity index (χ0v) is 17.1. The average Bonchev–Trinajstić information content (AvgIpc) is 3.20. The lowest BCUT2D eigenvalue weighted by atomic mass is 10.1. The van der Waals surface area contributed by atoms with E-state index in [2.05, 4.69) is 77.1 Å². The molecule has 1 aromatic heterocycles. The molecule has 0 saturated heterocycles. The summed E-state index contributed by atoms with van der Waals surface area (Å²) in [6.45, 7) is 2.42. The molecule has 0 atom stereocenters. The second-order valence-electron chi connectivity index (χ2n) is 6.00. The molecule has 5 nitrogen and oxygen atoms in total. The highest BCUT2D eigenvalue weighted by Gasteiger charge is 2.20. The number of halogens is 2. The van der Waals surface area contributed by atoms with Gasteiger partial charge in [-0.25, -0.2) is 0 Å². The summed E-state index contributed by atoms with van der Waals surface area (Å²) in [7, 11) is 0. The van der Waals surface area contributed by atoms with Crippen molar-refractivity contribution in [3.63, 3.8) is 0 Å². The van der Waals surface area contributed by atoms with Gasteiger partial charge in [0.15, 0.2) is 0 Å². The number of nitrogens with one attached hydrogen (secondary N) is 2. The van der Waals surface area contributed by atoms with Crippen LogP contribution in [0.1, 0.15) is 15.9 Å². The van der Waals surface area contributed by atoms with E-state index in [0.29, 0.717) is 12.1 Å². The Labute approximate surface area is 167 Å². The molecule has 2 heterocycles. The lowest BCUT2D eigenvalue weighted by molar-refractivity contribution is 0.0955. The SMILES string of the molecule is O=C(NCCN1CCc2c(Br)cccc21)c1ccc2n[nH]c(I)c2c1. The molecule has 0 unspecified atom stereocenters. The Kier molecular flexibility index (Phi) is 4.68. The number of rotatable bonds is 4. The van der Waals surface area contributed by atoms with E-state index in [9.17, 15) is 4.79 Å². The zero-order chi connectivity index (χ0) is 17.4. The van der Waals surface area contributed by atoms with Gasteiger partial charge in [0.2, 0.25) is 0 Å². The van der Waals surface area contributed by atoms with Gasteiger partial charge < -0.3 is 10.2 Å². The second kappa shape index (κ2) is 6.95. The lowest BCUT2D eigenvalue weighted by Crippen LogP contribution is -2.34. The van der Waals surface area contributed by atoms with E-state index in [1.54, 1.807) is 0 Å². The quantitative estimate of drug-likeness (QED) is 0.526. The first-order chi connectivity index (χ1) is 12.1. The summed E-state index contributed by atoms with van der Waals surface area (Å²) in [6, 6.07) is 11.9. The summed E-state index contributed by atoms with van der Waals surface area (Å²) in [5.74, 6) is -0.0486. The van der Waals surface area contributed by atoms with E-state index in [1.165, 1.54) is 15.7 Å². The van der Waals surface area contributed by atoms with E-state index in [4.69, 9.17) is 0 Å². The lowest BCUT2D eigenvalue weighted by Gasteiger charge is -2.19. The Morgan fingerprint density at radius 1 is 1.36 bits per heavy atom. The largest absolute Gasteiger partial charge is 0.369 e. The summed E-state index contributed by atoms with van der Waals surface area (Å²) in [4.78, 5) is 14.7. The molecule has 4 rings (SSSR count). The number of hydrogen-bond donors (Lipinski definition) is 2. The summed E-state index contributed by atoms with van der Waals surface area (Å²) >= 11 is 5.80. The number of anilines is 1. The topological polar surface area (TPSA) is 61.0 Å². The van der Waals surface area contributed by atoms with Gasteiger partial charge in [-0.3, -0.25) is 9.89 Å². The van der Waals surface area contributed by atoms with Gasteiger partial charge in [0.05, 0.1) is 5.52 Å². The normalized spacial score (nSPS) is 13.3. The van der Waals surface area contributed by atoms with E-state index in [-0.39, 0.29) is 5.91 Å². The van der Waals surface area contributed by atoms with Crippen LogP contribution in [0.25, 0.3) is 10.9 Å². The molecule has 1 aliphatic heterocycles. The van der Waals surface area contributed by atoms with Crippen LogP contribution in [-0.4, -0.2) is 35.7 Å². The minimum atomic E-state index is -0.0486. The molecule has 25 heavy (non-hydrogen) atoms. The van der Waals surface area contributed by atoms with Crippen molar-refractivity contribution < 1.29 is 4.79 Å². The third-order valence-corrected chi connectivity index (χ3v) is 6.07. The smallest absolute Gasteiger partial charge is 0.251 e. The summed E-state index contributed by atoms with van der Waals surface area (Å²) < 4.78 is 2.11. The molecular formula is C18H16BrIN4O. The Morgan fingerprint density at radius 2 is 2.24 bits per heavy atom. The molecule has 2 aromatic carbocycles. The standard InChI is InChI=1S/C18H16BrIN4O/c19-14-2-1-3-16-12(14)6-8-24(16)9-7-21-18(25)11-4-5-15-13(10-11)17(20)23-22-15/h1-5,10H,6-9H2,(H,21,25)(H,22,23). The predicted molar refractivity (Wildman–Crippen MR) is 111 cm³/mol. The third-order valence-electron chi connectivity index (χ3n) is 4.50. The van der Waals surface area contributed by atoms with E-state index in [0.717, 1.165) is 34.1 Å². The maximum absolute atomic E-state index is 12.4. The number of carbonyl (C=O) groups excluding carboxylic acids is 1. The third kappa shape index (κ3) is 3.27. The van der Waals surface area contributed by atoms with Crippen LogP contribution in [0.2, 0.25) is 0 Å². The summed E-state index contributed by atoms with van der Waals surface area (Å²) in [5, 5.41) is 11.1. The molecule has 0 spiro atoms. The molecule has 0 bridgehead atoms. The fourth-order valence-corrected chi connectivity index (χ4v) is 4.32. The van der Waals surface area contributed by atoms with Crippen LogP contribution < -0.4 is 10.2 Å². The number of carbonyl (C=O) groups is 1. The fraction of sp³-hybridized carbons (Fsp3) is 0.222. The minimum Gasteiger partial charge on any atom is -0.369 e. The second-order valence-corrected chi connectivity index (χ2v) is 7.93. The van der Waals surface area contributed by atoms with Crippen LogP contribution in [-0.2, 0) is 6.42 Å². The maximum Gasteiger partial charge on any atom is 0.251 e. The van der Waals surface area contributed by atoms with Crippen molar-refractivity contribution in [2.24, 2.45) is 0 Å². The van der Waals surface area contributed by atoms with E-state index < -0.39 is 0 Å². The molecule has 3 aromatic rings. The van der Waals surface area contributed by atoms with Crippen LogP contribution in [0.3, 0.4) is 0 Å². The van der Waals surface area contributed by atoms with Crippen LogP contribution in [0.15, 0.2) is 40.9 Å². The number of H-pyrrole nitrogens is 1. The van der Waals surface area contributed by atoms with Crippen molar-refractivity contribution in [2.45, 2.75) is 6.42 Å². The van der Waals surface area contributed by atoms with Gasteiger partial charge in [-0.05, 0) is 64.9 Å². The number of nitrogens with zero attached hydrogens (tertiary/aromatic N) is 2. The molecule has 0 aliphatic carbocycles. The van der Waals surface area contributed by atoms with Crippen molar-refractivity contribution in [3.8, 4) is 0 Å². The van der Waals surface area contributed by atoms with Crippen LogP contribution in [0.4, 0.5) is 5.69 Å². The molecule has 1 amide bonds. The van der Waals surface area contributed by atoms with Crippen molar-refractivity contribution in [1.82, 2.24) is 15.5 Å². The molecule has 0 radical (unpaired) electrons.